The summed E-state index contributed by atoms with van der Waals surface area (Å²) in [5.41, 5.74) is 4.85. The van der Waals surface area contributed by atoms with E-state index >= 15 is 0 Å². The van der Waals surface area contributed by atoms with Crippen molar-refractivity contribution in [1.29, 1.82) is 0 Å². The van der Waals surface area contributed by atoms with Gasteiger partial charge < -0.3 is 15.5 Å². The maximum atomic E-state index is 12.3. The minimum absolute atomic E-state index is 0.136. The molecule has 5 nitrogen and oxygen atoms in total. The van der Waals surface area contributed by atoms with E-state index in [2.05, 4.69) is 52.6 Å². The minimum atomic E-state index is -0.136. The van der Waals surface area contributed by atoms with E-state index in [-0.39, 0.29) is 5.91 Å². The van der Waals surface area contributed by atoms with Gasteiger partial charge in [0.25, 0.3) is 5.91 Å². The van der Waals surface area contributed by atoms with Gasteiger partial charge in [0.2, 0.25) is 0 Å². The molecule has 0 radical (unpaired) electrons. The van der Waals surface area contributed by atoms with Crippen LogP contribution in [-0.4, -0.2) is 43.0 Å². The van der Waals surface area contributed by atoms with E-state index in [1.165, 1.54) is 11.1 Å². The highest BCUT2D eigenvalue weighted by atomic mass is 16.1. The second-order valence-electron chi connectivity index (χ2n) is 6.43. The van der Waals surface area contributed by atoms with Gasteiger partial charge in [0, 0.05) is 24.1 Å². The summed E-state index contributed by atoms with van der Waals surface area (Å²) in [5, 5.41) is 6.37. The summed E-state index contributed by atoms with van der Waals surface area (Å²) < 4.78 is 0. The zero-order valence-corrected chi connectivity index (χ0v) is 15.6. The Bertz CT molecular complexity index is 713. The molecule has 0 aliphatic heterocycles. The summed E-state index contributed by atoms with van der Waals surface area (Å²) in [5.74, 6) is -0.136. The monoisotopic (exact) mass is 340 g/mol. The van der Waals surface area contributed by atoms with Gasteiger partial charge in [0.15, 0.2) is 0 Å². The average molecular weight is 340 g/mol. The second kappa shape index (κ2) is 9.18. The Morgan fingerprint density at radius 1 is 1.24 bits per heavy atom. The van der Waals surface area contributed by atoms with Crippen molar-refractivity contribution in [1.82, 2.24) is 15.2 Å². The van der Waals surface area contributed by atoms with Crippen LogP contribution in [0, 0.1) is 6.92 Å². The van der Waals surface area contributed by atoms with Crippen LogP contribution in [0.2, 0.25) is 0 Å². The number of aryl methyl sites for hydroxylation is 2. The summed E-state index contributed by atoms with van der Waals surface area (Å²) in [6.07, 6.45) is 3.54. The number of carbonyl (C=O) groups excluding carboxylic acids is 1. The van der Waals surface area contributed by atoms with E-state index < -0.39 is 0 Å². The summed E-state index contributed by atoms with van der Waals surface area (Å²) in [6, 6.07) is 9.95. The highest BCUT2D eigenvalue weighted by Gasteiger charge is 2.09. The van der Waals surface area contributed by atoms with E-state index in [0.717, 1.165) is 30.8 Å². The Morgan fingerprint density at radius 3 is 2.76 bits per heavy atom. The zero-order chi connectivity index (χ0) is 18.2. The molecular weight excluding hydrogens is 312 g/mol. The van der Waals surface area contributed by atoms with Crippen LogP contribution >= 0.6 is 0 Å². The third-order valence-electron chi connectivity index (χ3n) is 4.07. The average Bonchev–Trinajstić information content (AvgIpc) is 2.60. The fraction of sp³-hybridized carbons (Fsp3) is 0.400. The number of anilines is 2. The molecular formula is C20H28N4O. The summed E-state index contributed by atoms with van der Waals surface area (Å²) in [7, 11) is 4.04. The van der Waals surface area contributed by atoms with Gasteiger partial charge in [0.1, 0.15) is 5.69 Å². The number of nitrogens with one attached hydrogen (secondary N) is 2. The van der Waals surface area contributed by atoms with Crippen molar-refractivity contribution in [3.63, 3.8) is 0 Å². The molecule has 2 N–H and O–H groups in total. The predicted molar refractivity (Wildman–Crippen MR) is 104 cm³/mol. The Morgan fingerprint density at radius 2 is 2.04 bits per heavy atom. The normalized spacial score (nSPS) is 10.8. The molecule has 1 heterocycles. The van der Waals surface area contributed by atoms with Gasteiger partial charge in [0.05, 0.1) is 0 Å². The van der Waals surface area contributed by atoms with Crippen molar-refractivity contribution in [2.75, 3.05) is 32.5 Å². The highest BCUT2D eigenvalue weighted by molar-refractivity contribution is 5.93. The molecule has 0 bridgehead atoms. The predicted octanol–water partition coefficient (Wildman–Crippen LogP) is 3.38. The fourth-order valence-electron chi connectivity index (χ4n) is 2.67. The van der Waals surface area contributed by atoms with E-state index in [0.29, 0.717) is 12.2 Å². The van der Waals surface area contributed by atoms with Crippen LogP contribution in [0.3, 0.4) is 0 Å². The van der Waals surface area contributed by atoms with E-state index in [9.17, 15) is 4.79 Å². The van der Waals surface area contributed by atoms with Crippen molar-refractivity contribution in [2.24, 2.45) is 0 Å². The Kier molecular flexibility index (Phi) is 6.95. The number of aromatic nitrogens is 1. The minimum Gasteiger partial charge on any atom is -0.355 e. The van der Waals surface area contributed by atoms with E-state index in [4.69, 9.17) is 0 Å². The first-order valence-electron chi connectivity index (χ1n) is 8.75. The topological polar surface area (TPSA) is 57.3 Å². The molecule has 0 spiro atoms. The molecule has 0 atom stereocenters. The zero-order valence-electron chi connectivity index (χ0n) is 15.6. The fourth-order valence-corrected chi connectivity index (χ4v) is 2.67. The first-order chi connectivity index (χ1) is 12.0. The third kappa shape index (κ3) is 5.57. The molecule has 1 aromatic carbocycles. The molecule has 2 aromatic rings. The van der Waals surface area contributed by atoms with E-state index in [1.54, 1.807) is 12.3 Å². The smallest absolute Gasteiger partial charge is 0.269 e. The van der Waals surface area contributed by atoms with Crippen molar-refractivity contribution < 1.29 is 4.79 Å². The summed E-state index contributed by atoms with van der Waals surface area (Å²) in [4.78, 5) is 18.6. The van der Waals surface area contributed by atoms with Gasteiger partial charge >= 0.3 is 0 Å². The number of hydrogen-bond donors (Lipinski definition) is 2. The van der Waals surface area contributed by atoms with Gasteiger partial charge in [-0.25, -0.2) is 0 Å². The Labute approximate surface area is 150 Å². The molecule has 5 heteroatoms. The molecule has 0 fully saturated rings. The maximum absolute atomic E-state index is 12.3. The van der Waals surface area contributed by atoms with Gasteiger partial charge in [-0.3, -0.25) is 9.78 Å². The molecule has 1 aromatic heterocycles. The van der Waals surface area contributed by atoms with Crippen LogP contribution in [0.1, 0.15) is 35.0 Å². The number of amides is 1. The molecule has 0 aliphatic carbocycles. The lowest BCUT2D eigenvalue weighted by atomic mass is 10.1. The van der Waals surface area contributed by atoms with Crippen LogP contribution in [0.5, 0.6) is 0 Å². The Hall–Kier alpha value is -2.40. The number of benzene rings is 1. The number of pyridine rings is 1. The maximum Gasteiger partial charge on any atom is 0.269 e. The molecule has 0 saturated heterocycles. The van der Waals surface area contributed by atoms with Crippen LogP contribution < -0.4 is 10.6 Å². The lowest BCUT2D eigenvalue weighted by Crippen LogP contribution is -2.27. The molecule has 25 heavy (non-hydrogen) atoms. The van der Waals surface area contributed by atoms with Gasteiger partial charge in [-0.15, -0.1) is 0 Å². The summed E-state index contributed by atoms with van der Waals surface area (Å²) in [6.45, 7) is 5.82. The SMILES string of the molecule is CCc1cccc(C)c1Nc1ccnc(C(=O)NCCCN(C)C)c1. The largest absolute Gasteiger partial charge is 0.355 e. The van der Waals surface area contributed by atoms with Gasteiger partial charge in [-0.2, -0.15) is 0 Å². The van der Waals surface area contributed by atoms with Crippen LogP contribution in [0.25, 0.3) is 0 Å². The number of hydrogen-bond acceptors (Lipinski definition) is 4. The van der Waals surface area contributed by atoms with Gasteiger partial charge in [-0.1, -0.05) is 25.1 Å². The number of nitrogens with zero attached hydrogens (tertiary/aromatic N) is 2. The summed E-state index contributed by atoms with van der Waals surface area (Å²) >= 11 is 0. The second-order valence-corrected chi connectivity index (χ2v) is 6.43. The lowest BCUT2D eigenvalue weighted by molar-refractivity contribution is 0.0947. The first kappa shape index (κ1) is 18.9. The van der Waals surface area contributed by atoms with Crippen molar-refractivity contribution in [3.8, 4) is 0 Å². The first-order valence-corrected chi connectivity index (χ1v) is 8.75. The standard InChI is InChI=1S/C20H28N4O/c1-5-16-9-6-8-15(2)19(16)23-17-10-12-21-18(14-17)20(25)22-11-7-13-24(3)4/h6,8-10,12,14H,5,7,11,13H2,1-4H3,(H,21,23)(H,22,25). The number of para-hydroxylation sites is 1. The van der Waals surface area contributed by atoms with Crippen LogP contribution in [0.15, 0.2) is 36.5 Å². The van der Waals surface area contributed by atoms with Crippen LogP contribution in [0.4, 0.5) is 11.4 Å². The van der Waals surface area contributed by atoms with Gasteiger partial charge in [-0.05, 0) is 63.7 Å². The van der Waals surface area contributed by atoms with Crippen molar-refractivity contribution in [3.05, 3.63) is 53.3 Å². The van der Waals surface area contributed by atoms with E-state index in [1.807, 2.05) is 20.2 Å². The van der Waals surface area contributed by atoms with Crippen LogP contribution in [-0.2, 0) is 6.42 Å². The molecule has 134 valence electrons. The molecule has 0 unspecified atom stereocenters. The van der Waals surface area contributed by atoms with Crippen molar-refractivity contribution >= 4 is 17.3 Å². The number of rotatable bonds is 8. The molecule has 0 saturated carbocycles. The number of carbonyl (C=O) groups is 1. The molecule has 0 aliphatic rings. The highest BCUT2D eigenvalue weighted by Crippen LogP contribution is 2.25. The lowest BCUT2D eigenvalue weighted by Gasteiger charge is -2.14. The van der Waals surface area contributed by atoms with Crippen molar-refractivity contribution in [2.45, 2.75) is 26.7 Å². The molecule has 1 amide bonds. The quantitative estimate of drug-likeness (QED) is 0.723. The Balaban J connectivity index is 2.05. The molecule has 2 rings (SSSR count). The third-order valence-corrected chi connectivity index (χ3v) is 4.07.